The number of thiophene rings is 1. The first kappa shape index (κ1) is 29.5. The quantitative estimate of drug-likeness (QED) is 0.171. The Labute approximate surface area is 300 Å². The van der Waals surface area contributed by atoms with Crippen molar-refractivity contribution in [3.63, 3.8) is 0 Å². The average molecular weight is 669 g/mol. The third-order valence-corrected chi connectivity index (χ3v) is 11.1. The Kier molecular flexibility index (Phi) is 7.04. The fourth-order valence-corrected chi connectivity index (χ4v) is 8.87. The SMILES string of the molecule is c1ccc(-c2cccc3c2c2cc(N(c4ccccc4)c4ccc(-c5cccc6sc7ccccc7c56)cc4)ccc2n3-c2ccccc2)cc1. The van der Waals surface area contributed by atoms with Crippen molar-refractivity contribution in [3.05, 3.63) is 194 Å². The number of rotatable bonds is 6. The molecule has 0 saturated carbocycles. The van der Waals surface area contributed by atoms with Gasteiger partial charge < -0.3 is 9.47 Å². The van der Waals surface area contributed by atoms with Crippen LogP contribution in [0.2, 0.25) is 0 Å². The molecule has 10 aromatic rings. The topological polar surface area (TPSA) is 8.17 Å². The summed E-state index contributed by atoms with van der Waals surface area (Å²) in [5.41, 5.74) is 11.8. The van der Waals surface area contributed by atoms with Crippen molar-refractivity contribution in [3.8, 4) is 27.9 Å². The summed E-state index contributed by atoms with van der Waals surface area (Å²) in [6.45, 7) is 0. The summed E-state index contributed by atoms with van der Waals surface area (Å²) < 4.78 is 5.05. The number of para-hydroxylation sites is 2. The van der Waals surface area contributed by atoms with Crippen LogP contribution in [0.1, 0.15) is 0 Å². The molecular formula is C48H32N2S. The van der Waals surface area contributed by atoms with Crippen molar-refractivity contribution in [2.24, 2.45) is 0 Å². The van der Waals surface area contributed by atoms with Gasteiger partial charge in [-0.25, -0.2) is 0 Å². The van der Waals surface area contributed by atoms with E-state index in [1.807, 2.05) is 11.3 Å². The Morgan fingerprint density at radius 3 is 1.75 bits per heavy atom. The molecule has 10 rings (SSSR count). The molecule has 0 aliphatic heterocycles. The van der Waals surface area contributed by atoms with Gasteiger partial charge in [0.15, 0.2) is 0 Å². The lowest BCUT2D eigenvalue weighted by atomic mass is 9.98. The molecule has 2 aromatic heterocycles. The van der Waals surface area contributed by atoms with Crippen LogP contribution in [0.25, 0.3) is 69.9 Å². The minimum atomic E-state index is 1.11. The predicted octanol–water partition coefficient (Wildman–Crippen LogP) is 14.0. The van der Waals surface area contributed by atoms with Gasteiger partial charge in [-0.15, -0.1) is 11.3 Å². The van der Waals surface area contributed by atoms with E-state index in [0.29, 0.717) is 0 Å². The molecule has 2 heterocycles. The molecule has 0 N–H and O–H groups in total. The highest BCUT2D eigenvalue weighted by Gasteiger charge is 2.20. The van der Waals surface area contributed by atoms with Crippen molar-refractivity contribution < 1.29 is 0 Å². The van der Waals surface area contributed by atoms with Gasteiger partial charge in [0.05, 0.1) is 11.0 Å². The summed E-state index contributed by atoms with van der Waals surface area (Å²) in [7, 11) is 0. The Balaban J connectivity index is 1.17. The van der Waals surface area contributed by atoms with E-state index in [4.69, 9.17) is 0 Å². The number of aromatic nitrogens is 1. The second kappa shape index (κ2) is 12.2. The summed E-state index contributed by atoms with van der Waals surface area (Å²) in [6, 6.07) is 70.3. The zero-order valence-corrected chi connectivity index (χ0v) is 28.6. The largest absolute Gasteiger partial charge is 0.310 e. The molecule has 0 radical (unpaired) electrons. The fraction of sp³-hybridized carbons (Fsp3) is 0. The number of benzene rings is 8. The van der Waals surface area contributed by atoms with E-state index in [9.17, 15) is 0 Å². The second-order valence-electron chi connectivity index (χ2n) is 12.9. The molecule has 0 bridgehead atoms. The van der Waals surface area contributed by atoms with Gasteiger partial charge in [-0.2, -0.15) is 0 Å². The summed E-state index contributed by atoms with van der Waals surface area (Å²) in [6.07, 6.45) is 0. The number of nitrogens with zero attached hydrogens (tertiary/aromatic N) is 2. The van der Waals surface area contributed by atoms with Crippen LogP contribution in [0, 0.1) is 0 Å². The minimum absolute atomic E-state index is 1.11. The van der Waals surface area contributed by atoms with Gasteiger partial charge in [-0.05, 0) is 95.1 Å². The van der Waals surface area contributed by atoms with Crippen LogP contribution in [0.4, 0.5) is 17.1 Å². The first-order valence-electron chi connectivity index (χ1n) is 17.4. The molecule has 240 valence electrons. The highest BCUT2D eigenvalue weighted by molar-refractivity contribution is 7.25. The molecule has 3 heteroatoms. The predicted molar refractivity (Wildman–Crippen MR) is 219 cm³/mol. The van der Waals surface area contributed by atoms with Crippen molar-refractivity contribution in [2.75, 3.05) is 4.90 Å². The molecule has 0 spiro atoms. The lowest BCUT2D eigenvalue weighted by Crippen LogP contribution is -2.09. The van der Waals surface area contributed by atoms with E-state index in [1.165, 1.54) is 64.2 Å². The normalized spacial score (nSPS) is 11.5. The fourth-order valence-electron chi connectivity index (χ4n) is 7.74. The van der Waals surface area contributed by atoms with Gasteiger partial charge in [0.1, 0.15) is 0 Å². The lowest BCUT2D eigenvalue weighted by molar-refractivity contribution is 1.18. The molecule has 0 aliphatic carbocycles. The third kappa shape index (κ3) is 4.93. The molecule has 0 saturated heterocycles. The van der Waals surface area contributed by atoms with Crippen LogP contribution in [-0.4, -0.2) is 4.57 Å². The van der Waals surface area contributed by atoms with Gasteiger partial charge in [0.25, 0.3) is 0 Å². The summed E-state index contributed by atoms with van der Waals surface area (Å²) in [4.78, 5) is 2.38. The van der Waals surface area contributed by atoms with Crippen LogP contribution in [-0.2, 0) is 0 Å². The Hall–Kier alpha value is -6.42. The minimum Gasteiger partial charge on any atom is -0.310 e. The summed E-state index contributed by atoms with van der Waals surface area (Å²) in [5.74, 6) is 0. The van der Waals surface area contributed by atoms with E-state index in [-0.39, 0.29) is 0 Å². The van der Waals surface area contributed by atoms with Crippen LogP contribution in [0.3, 0.4) is 0 Å². The monoisotopic (exact) mass is 668 g/mol. The molecule has 0 fully saturated rings. The maximum atomic E-state index is 2.40. The van der Waals surface area contributed by atoms with E-state index in [2.05, 4.69) is 204 Å². The summed E-state index contributed by atoms with van der Waals surface area (Å²) >= 11 is 1.86. The molecule has 0 unspecified atom stereocenters. The molecule has 0 aliphatic rings. The first-order valence-corrected chi connectivity index (χ1v) is 18.2. The standard InChI is InChI=1S/C48H32N2S/c1-4-14-33(15-5-1)39-21-12-23-44-47(39)42-32-38(30-31-43(42)50(44)36-18-8-3-9-19-36)49(35-16-6-2-7-17-35)37-28-26-34(27-29-37)40-22-13-25-46-48(40)41-20-10-11-24-45(41)51-46/h1-32H. The Bertz CT molecular complexity index is 2830. The number of hydrogen-bond donors (Lipinski definition) is 0. The number of hydrogen-bond acceptors (Lipinski definition) is 2. The molecule has 0 atom stereocenters. The number of anilines is 3. The van der Waals surface area contributed by atoms with Gasteiger partial charge in [0, 0.05) is 53.7 Å². The first-order chi connectivity index (χ1) is 25.3. The zero-order valence-electron chi connectivity index (χ0n) is 27.8. The van der Waals surface area contributed by atoms with E-state index in [1.54, 1.807) is 0 Å². The number of fused-ring (bicyclic) bond motifs is 6. The zero-order chi connectivity index (χ0) is 33.7. The smallest absolute Gasteiger partial charge is 0.0547 e. The molecular weight excluding hydrogens is 637 g/mol. The third-order valence-electron chi connectivity index (χ3n) is 9.98. The molecule has 0 amide bonds. The van der Waals surface area contributed by atoms with Gasteiger partial charge in [-0.1, -0.05) is 121 Å². The van der Waals surface area contributed by atoms with Crippen LogP contribution >= 0.6 is 11.3 Å². The highest BCUT2D eigenvalue weighted by atomic mass is 32.1. The maximum absolute atomic E-state index is 2.40. The highest BCUT2D eigenvalue weighted by Crippen LogP contribution is 2.44. The Morgan fingerprint density at radius 1 is 0.373 bits per heavy atom. The van der Waals surface area contributed by atoms with Crippen molar-refractivity contribution in [1.82, 2.24) is 4.57 Å². The van der Waals surface area contributed by atoms with Crippen LogP contribution in [0.5, 0.6) is 0 Å². The lowest BCUT2D eigenvalue weighted by Gasteiger charge is -2.26. The van der Waals surface area contributed by atoms with Crippen LogP contribution in [0.15, 0.2) is 194 Å². The molecule has 2 nitrogen and oxygen atoms in total. The second-order valence-corrected chi connectivity index (χ2v) is 14.0. The van der Waals surface area contributed by atoms with Crippen molar-refractivity contribution in [2.45, 2.75) is 0 Å². The van der Waals surface area contributed by atoms with Gasteiger partial charge in [-0.3, -0.25) is 0 Å². The van der Waals surface area contributed by atoms with E-state index < -0.39 is 0 Å². The van der Waals surface area contributed by atoms with E-state index >= 15 is 0 Å². The van der Waals surface area contributed by atoms with Gasteiger partial charge >= 0.3 is 0 Å². The average Bonchev–Trinajstić information content (AvgIpc) is 3.75. The molecule has 8 aromatic carbocycles. The molecule has 51 heavy (non-hydrogen) atoms. The van der Waals surface area contributed by atoms with E-state index in [0.717, 1.165) is 22.7 Å². The Morgan fingerprint density at radius 2 is 0.961 bits per heavy atom. The van der Waals surface area contributed by atoms with Crippen molar-refractivity contribution in [1.29, 1.82) is 0 Å². The van der Waals surface area contributed by atoms with Crippen LogP contribution < -0.4 is 4.90 Å². The van der Waals surface area contributed by atoms with Gasteiger partial charge in [0.2, 0.25) is 0 Å². The summed E-state index contributed by atoms with van der Waals surface area (Å²) in [5, 5.41) is 5.13. The maximum Gasteiger partial charge on any atom is 0.0547 e. The van der Waals surface area contributed by atoms with Crippen molar-refractivity contribution >= 4 is 70.4 Å².